The lowest BCUT2D eigenvalue weighted by molar-refractivity contribution is 1.12. The molecule has 11 rings (SSSR count). The zero-order valence-electron chi connectivity index (χ0n) is 33.3. The maximum atomic E-state index is 11.5. The van der Waals surface area contributed by atoms with Crippen LogP contribution in [0, 0.1) is 25.2 Å². The molecule has 11 aromatic rings. The number of nitriles is 1. The van der Waals surface area contributed by atoms with E-state index in [1.165, 1.54) is 22.3 Å². The summed E-state index contributed by atoms with van der Waals surface area (Å²) in [5.41, 5.74) is 17.4. The number of pyridine rings is 1. The first-order chi connectivity index (χ1) is 29.6. The van der Waals surface area contributed by atoms with Gasteiger partial charge in [0.25, 0.3) is 0 Å². The third kappa shape index (κ3) is 5.56. The standard InChI is InChI=1S/C56H38N4/c1-36-15-6-8-19-42(36)39-26-28-52-47(31-39)45-21-10-12-24-50(45)59(52)54-33-41(44-23-14-30-58-56(44)38-17-4-3-5-18-38)34-55(49(54)35-57)60-51-25-13-11-22-46(51)48-32-40(27-29-53(48)60)43-20-9-7-16-37(43)2/h3-34H,1-2H3. The Bertz CT molecular complexity index is 3340. The first-order valence-electron chi connectivity index (χ1n) is 20.4. The summed E-state index contributed by atoms with van der Waals surface area (Å²) in [6.45, 7) is 4.32. The van der Waals surface area contributed by atoms with E-state index in [-0.39, 0.29) is 0 Å². The van der Waals surface area contributed by atoms with Gasteiger partial charge < -0.3 is 9.13 Å². The number of benzene rings is 8. The highest BCUT2D eigenvalue weighted by molar-refractivity contribution is 6.12. The average molecular weight is 767 g/mol. The molecule has 60 heavy (non-hydrogen) atoms. The van der Waals surface area contributed by atoms with Gasteiger partial charge in [0.2, 0.25) is 0 Å². The monoisotopic (exact) mass is 766 g/mol. The maximum Gasteiger partial charge on any atom is 0.104 e. The van der Waals surface area contributed by atoms with Crippen LogP contribution in [-0.4, -0.2) is 14.1 Å². The molecule has 0 unspecified atom stereocenters. The highest BCUT2D eigenvalue weighted by atomic mass is 15.0. The smallest absolute Gasteiger partial charge is 0.104 e. The van der Waals surface area contributed by atoms with Gasteiger partial charge in [-0.3, -0.25) is 4.98 Å². The molecular formula is C56H38N4. The Labute approximate surface area is 348 Å². The molecule has 4 heteroatoms. The number of aromatic nitrogens is 3. The van der Waals surface area contributed by atoms with E-state index in [4.69, 9.17) is 4.98 Å². The lowest BCUT2D eigenvalue weighted by atomic mass is 9.96. The Kier molecular flexibility index (Phi) is 8.28. The molecule has 0 aliphatic heterocycles. The summed E-state index contributed by atoms with van der Waals surface area (Å²) in [5.74, 6) is 0. The van der Waals surface area contributed by atoms with Crippen LogP contribution in [0.25, 0.3) is 99.6 Å². The Morgan fingerprint density at radius 3 is 1.40 bits per heavy atom. The highest BCUT2D eigenvalue weighted by Gasteiger charge is 2.24. The zero-order chi connectivity index (χ0) is 40.3. The van der Waals surface area contributed by atoms with Gasteiger partial charge in [-0.25, -0.2) is 0 Å². The Morgan fingerprint density at radius 2 is 0.867 bits per heavy atom. The van der Waals surface area contributed by atoms with Crippen molar-refractivity contribution in [2.75, 3.05) is 0 Å². The lowest BCUT2D eigenvalue weighted by Crippen LogP contribution is -2.05. The van der Waals surface area contributed by atoms with Crippen molar-refractivity contribution in [3.8, 4) is 62.1 Å². The SMILES string of the molecule is Cc1ccccc1-c1ccc2c(c1)c1ccccc1n2-c1cc(-c2cccnc2-c2ccccc2)cc(-n2c3ccccc3c3cc(-c4ccccc4C)ccc32)c1C#N. The van der Waals surface area contributed by atoms with Crippen LogP contribution >= 0.6 is 0 Å². The first-order valence-corrected chi connectivity index (χ1v) is 20.4. The van der Waals surface area contributed by atoms with Crippen LogP contribution < -0.4 is 0 Å². The number of nitrogens with zero attached hydrogens (tertiary/aromatic N) is 4. The van der Waals surface area contributed by atoms with Gasteiger partial charge in [0, 0.05) is 38.9 Å². The van der Waals surface area contributed by atoms with E-state index in [2.05, 4.69) is 205 Å². The molecule has 282 valence electrons. The number of rotatable bonds is 6. The second-order valence-electron chi connectivity index (χ2n) is 15.6. The van der Waals surface area contributed by atoms with Crippen molar-refractivity contribution in [1.29, 1.82) is 5.26 Å². The van der Waals surface area contributed by atoms with Crippen molar-refractivity contribution in [3.05, 3.63) is 211 Å². The minimum Gasteiger partial charge on any atom is -0.308 e. The van der Waals surface area contributed by atoms with Crippen molar-refractivity contribution < 1.29 is 0 Å². The van der Waals surface area contributed by atoms with E-state index >= 15 is 0 Å². The number of hydrogen-bond acceptors (Lipinski definition) is 2. The van der Waals surface area contributed by atoms with Crippen LogP contribution in [-0.2, 0) is 0 Å². The van der Waals surface area contributed by atoms with Crippen LogP contribution in [0.2, 0.25) is 0 Å². The quantitative estimate of drug-likeness (QED) is 0.169. The summed E-state index contributed by atoms with van der Waals surface area (Å²) >= 11 is 0. The van der Waals surface area contributed by atoms with Gasteiger partial charge >= 0.3 is 0 Å². The van der Waals surface area contributed by atoms with E-state index < -0.39 is 0 Å². The summed E-state index contributed by atoms with van der Waals surface area (Å²) in [4.78, 5) is 4.96. The van der Waals surface area contributed by atoms with Gasteiger partial charge in [0.15, 0.2) is 0 Å². The van der Waals surface area contributed by atoms with Crippen molar-refractivity contribution in [2.45, 2.75) is 13.8 Å². The average Bonchev–Trinajstić information content (AvgIpc) is 3.81. The fraction of sp³-hybridized carbons (Fsp3) is 0.0357. The molecule has 0 aliphatic rings. The van der Waals surface area contributed by atoms with Crippen LogP contribution in [0.1, 0.15) is 16.7 Å². The largest absolute Gasteiger partial charge is 0.308 e. The lowest BCUT2D eigenvalue weighted by Gasteiger charge is -2.19. The van der Waals surface area contributed by atoms with Crippen LogP contribution in [0.15, 0.2) is 194 Å². The Balaban J connectivity index is 1.25. The molecule has 0 saturated heterocycles. The summed E-state index contributed by atoms with van der Waals surface area (Å²) in [7, 11) is 0. The van der Waals surface area contributed by atoms with E-state index in [1.807, 2.05) is 18.3 Å². The molecule has 0 atom stereocenters. The summed E-state index contributed by atoms with van der Waals surface area (Å²) in [6, 6.07) is 69.3. The van der Waals surface area contributed by atoms with Crippen LogP contribution in [0.4, 0.5) is 0 Å². The van der Waals surface area contributed by atoms with Gasteiger partial charge in [-0.2, -0.15) is 5.26 Å². The van der Waals surface area contributed by atoms with E-state index in [9.17, 15) is 5.26 Å². The summed E-state index contributed by atoms with van der Waals surface area (Å²) < 4.78 is 4.58. The fourth-order valence-corrected chi connectivity index (χ4v) is 9.29. The normalized spacial score (nSPS) is 11.5. The van der Waals surface area contributed by atoms with Gasteiger partial charge in [-0.1, -0.05) is 133 Å². The third-order valence-corrected chi connectivity index (χ3v) is 12.1. The molecule has 0 spiro atoms. The number of aryl methyl sites for hydroxylation is 2. The second kappa shape index (κ2) is 14.1. The Morgan fingerprint density at radius 1 is 0.400 bits per heavy atom. The molecular weight excluding hydrogens is 729 g/mol. The molecule has 3 heterocycles. The number of hydrogen-bond donors (Lipinski definition) is 0. The van der Waals surface area contributed by atoms with Crippen molar-refractivity contribution in [1.82, 2.24) is 14.1 Å². The number of para-hydroxylation sites is 2. The molecule has 0 bridgehead atoms. The summed E-state index contributed by atoms with van der Waals surface area (Å²) in [6.07, 6.45) is 1.86. The minimum absolute atomic E-state index is 0.583. The fourth-order valence-electron chi connectivity index (χ4n) is 9.29. The van der Waals surface area contributed by atoms with Crippen LogP contribution in [0.3, 0.4) is 0 Å². The minimum atomic E-state index is 0.583. The predicted octanol–water partition coefficient (Wildman–Crippen LogP) is 14.4. The predicted molar refractivity (Wildman–Crippen MR) is 249 cm³/mol. The third-order valence-electron chi connectivity index (χ3n) is 12.1. The number of fused-ring (bicyclic) bond motifs is 6. The summed E-state index contributed by atoms with van der Waals surface area (Å²) in [5, 5.41) is 16.1. The first kappa shape index (κ1) is 35.2. The van der Waals surface area contributed by atoms with E-state index in [1.54, 1.807) is 0 Å². The zero-order valence-corrected chi connectivity index (χ0v) is 33.3. The second-order valence-corrected chi connectivity index (χ2v) is 15.6. The molecule has 4 nitrogen and oxygen atoms in total. The van der Waals surface area contributed by atoms with Gasteiger partial charge in [-0.05, 0) is 107 Å². The van der Waals surface area contributed by atoms with Gasteiger partial charge in [0.05, 0.1) is 39.1 Å². The van der Waals surface area contributed by atoms with Crippen molar-refractivity contribution in [3.63, 3.8) is 0 Å². The molecule has 3 aromatic heterocycles. The maximum absolute atomic E-state index is 11.5. The molecule has 8 aromatic carbocycles. The molecule has 0 radical (unpaired) electrons. The molecule has 0 amide bonds. The van der Waals surface area contributed by atoms with Gasteiger partial charge in [0.1, 0.15) is 11.6 Å². The topological polar surface area (TPSA) is 46.5 Å². The molecule has 0 fully saturated rings. The van der Waals surface area contributed by atoms with E-state index in [0.717, 1.165) is 88.5 Å². The molecule has 0 saturated carbocycles. The van der Waals surface area contributed by atoms with Crippen LogP contribution in [0.5, 0.6) is 0 Å². The highest BCUT2D eigenvalue weighted by Crippen LogP contribution is 2.43. The van der Waals surface area contributed by atoms with Gasteiger partial charge in [-0.15, -0.1) is 0 Å². The van der Waals surface area contributed by atoms with Crippen molar-refractivity contribution >= 4 is 43.6 Å². The molecule has 0 aliphatic carbocycles. The van der Waals surface area contributed by atoms with E-state index in [0.29, 0.717) is 5.56 Å². The van der Waals surface area contributed by atoms with Crippen molar-refractivity contribution in [2.24, 2.45) is 0 Å². The Hall–Kier alpha value is -8.00. The molecule has 0 N–H and O–H groups in total.